The molecule has 0 rings (SSSR count). The molecule has 0 spiro atoms. The topological polar surface area (TPSA) is 161 Å². The molecule has 1 amide bonds. The van der Waals surface area contributed by atoms with Crippen molar-refractivity contribution in [2.75, 3.05) is 13.1 Å². The van der Waals surface area contributed by atoms with Crippen LogP contribution in [0.1, 0.15) is 13.8 Å². The average molecular weight is 286 g/mol. The Morgan fingerprint density at radius 3 is 1.50 bits per heavy atom. The number of carbonyl (C=O) groups is 1. The van der Waals surface area contributed by atoms with Crippen LogP contribution < -0.4 is 35.3 Å². The van der Waals surface area contributed by atoms with Gasteiger partial charge in [0.05, 0.1) is 0 Å². The zero-order valence-electron chi connectivity index (χ0n) is 9.61. The summed E-state index contributed by atoms with van der Waals surface area (Å²) >= 11 is 9.51. The Morgan fingerprint density at radius 2 is 1.50 bits per heavy atom. The molecular weight excluding hydrogens is 267 g/mol. The van der Waals surface area contributed by atoms with Crippen molar-refractivity contribution in [2.24, 2.45) is 5.73 Å². The van der Waals surface area contributed by atoms with Gasteiger partial charge in [-0.2, -0.15) is 0 Å². The third-order valence-corrected chi connectivity index (χ3v) is 1.54. The summed E-state index contributed by atoms with van der Waals surface area (Å²) in [5.74, 6) is 0. The van der Waals surface area contributed by atoms with Crippen LogP contribution in [0.25, 0.3) is 0 Å². The molecule has 0 heterocycles. The molecule has 0 saturated heterocycles. The summed E-state index contributed by atoms with van der Waals surface area (Å²) in [5.41, 5.74) is 4.03. The van der Waals surface area contributed by atoms with E-state index >= 15 is 0 Å². The van der Waals surface area contributed by atoms with Crippen LogP contribution in [0.15, 0.2) is 0 Å². The first-order valence-corrected chi connectivity index (χ1v) is 4.21. The molecule has 7 nitrogen and oxygen atoms in total. The third-order valence-electron chi connectivity index (χ3n) is 1.02. The normalized spacial score (nSPS) is 5.88. The van der Waals surface area contributed by atoms with E-state index in [9.17, 15) is 0 Å². The number of rotatable bonds is 2. The second-order valence-corrected chi connectivity index (χ2v) is 2.81. The molecule has 96 valence electrons. The van der Waals surface area contributed by atoms with Crippen LogP contribution in [0.2, 0.25) is 0 Å². The van der Waals surface area contributed by atoms with E-state index in [0.29, 0.717) is 4.32 Å². The molecule has 0 atom stereocenters. The van der Waals surface area contributed by atoms with E-state index in [1.54, 1.807) is 0 Å². The summed E-state index contributed by atoms with van der Waals surface area (Å²) < 4.78 is 0.579. The fourth-order valence-corrected chi connectivity index (χ4v) is 0.998. The van der Waals surface area contributed by atoms with Gasteiger partial charge in [0.2, 0.25) is 0 Å². The van der Waals surface area contributed by atoms with E-state index < -0.39 is 6.09 Å². The molecule has 0 saturated carbocycles. The van der Waals surface area contributed by atoms with Gasteiger partial charge in [0, 0.05) is 13.1 Å². The fourth-order valence-electron chi connectivity index (χ4n) is 0.482. The van der Waals surface area contributed by atoms with Crippen LogP contribution in [0.5, 0.6) is 0 Å². The van der Waals surface area contributed by atoms with Crippen LogP contribution in [0.3, 0.4) is 0 Å². The molecule has 0 radical (unpaired) electrons. The Kier molecular flexibility index (Phi) is 55.0. The Hall–Kier alpha value is 0.260. The molecule has 9 N–H and O–H groups in total. The van der Waals surface area contributed by atoms with Crippen molar-refractivity contribution in [3.8, 4) is 0 Å². The maximum Gasteiger partial charge on any atom is 1.00 e. The molecule has 0 aliphatic carbocycles. The quantitative estimate of drug-likeness (QED) is 0.296. The Bertz CT molecular complexity index is 156. The van der Waals surface area contributed by atoms with Crippen molar-refractivity contribution in [2.45, 2.75) is 13.8 Å². The number of nitrogens with two attached hydrogens (primary N) is 1. The molecule has 0 aliphatic heterocycles. The minimum Gasteiger partial charge on any atom is -0.465 e. The molecule has 0 unspecified atom stereocenters. The van der Waals surface area contributed by atoms with Gasteiger partial charge in [-0.1, -0.05) is 4.32 Å². The molecule has 16 heavy (non-hydrogen) atoms. The SMILES string of the molecule is CCN(CC)C(=S)[S-].NC(=O)O.O.O.O.[Na+]. The molecule has 0 fully saturated rings. The number of amides is 1. The largest absolute Gasteiger partial charge is 1.00 e. The first kappa shape index (κ1) is 36.0. The number of hydrogen-bond acceptors (Lipinski definition) is 3. The Labute approximate surface area is 128 Å². The number of carboxylic acid groups (broad SMARTS) is 1. The zero-order valence-corrected chi connectivity index (χ0v) is 13.2. The number of nitrogens with zero attached hydrogens (tertiary/aromatic N) is 1. The summed E-state index contributed by atoms with van der Waals surface area (Å²) in [4.78, 5) is 10.7. The van der Waals surface area contributed by atoms with E-state index in [2.05, 4.69) is 5.73 Å². The molecule has 0 aromatic rings. The Morgan fingerprint density at radius 1 is 1.31 bits per heavy atom. The first-order valence-electron chi connectivity index (χ1n) is 3.39. The molecular formula is C6H19N2NaO5S2. The fraction of sp³-hybridized carbons (Fsp3) is 0.667. The van der Waals surface area contributed by atoms with Crippen molar-refractivity contribution in [1.29, 1.82) is 0 Å². The third kappa shape index (κ3) is 36.7. The van der Waals surface area contributed by atoms with Crippen LogP contribution in [0, 0.1) is 0 Å². The predicted octanol–water partition coefficient (Wildman–Crippen LogP) is -4.69. The van der Waals surface area contributed by atoms with Gasteiger partial charge in [0.15, 0.2) is 0 Å². The summed E-state index contributed by atoms with van der Waals surface area (Å²) in [6, 6.07) is 0. The second kappa shape index (κ2) is 24.5. The standard InChI is InChI=1S/C5H11NS2.CH3NO2.Na.3H2O/c1-3-6(4-2)5(7)8;2-1(3)4;;;;/h3-4H2,1-2H3,(H,7,8);2H2,(H,3,4);;3*1H2/q;;+1;;;/p-1. The maximum absolute atomic E-state index is 8.78. The molecule has 0 aromatic carbocycles. The summed E-state index contributed by atoms with van der Waals surface area (Å²) in [6.45, 7) is 5.95. The summed E-state index contributed by atoms with van der Waals surface area (Å²) in [5, 5.41) is 7.19. The van der Waals surface area contributed by atoms with Crippen LogP contribution in [-0.2, 0) is 12.6 Å². The van der Waals surface area contributed by atoms with E-state index in [-0.39, 0.29) is 46.0 Å². The van der Waals surface area contributed by atoms with E-state index in [1.165, 1.54) is 0 Å². The maximum atomic E-state index is 8.78. The number of primary amides is 1. The number of thiocarbonyl (C=S) groups is 1. The minimum absolute atomic E-state index is 0. The van der Waals surface area contributed by atoms with Gasteiger partial charge in [-0.25, -0.2) is 4.79 Å². The molecule has 0 aliphatic rings. The first-order chi connectivity index (χ1) is 5.45. The van der Waals surface area contributed by atoms with Crippen molar-refractivity contribution in [1.82, 2.24) is 4.90 Å². The Balaban J connectivity index is -0.0000000281. The van der Waals surface area contributed by atoms with Gasteiger partial charge < -0.3 is 57.0 Å². The minimum atomic E-state index is -1.33. The number of hydrogen-bond donors (Lipinski definition) is 2. The predicted molar refractivity (Wildman–Crippen MR) is 65.9 cm³/mol. The summed E-state index contributed by atoms with van der Waals surface area (Å²) in [7, 11) is 0. The van der Waals surface area contributed by atoms with Crippen LogP contribution in [-0.4, -0.2) is 49.9 Å². The van der Waals surface area contributed by atoms with Crippen molar-refractivity contribution in [3.05, 3.63) is 0 Å². The van der Waals surface area contributed by atoms with Crippen molar-refractivity contribution < 1.29 is 55.9 Å². The monoisotopic (exact) mass is 286 g/mol. The molecule has 0 aromatic heterocycles. The van der Waals surface area contributed by atoms with Crippen molar-refractivity contribution >= 4 is 35.3 Å². The molecule has 0 bridgehead atoms. The van der Waals surface area contributed by atoms with Crippen LogP contribution >= 0.6 is 12.2 Å². The van der Waals surface area contributed by atoms with Gasteiger partial charge in [-0.05, 0) is 13.8 Å². The van der Waals surface area contributed by atoms with Gasteiger partial charge in [0.1, 0.15) is 0 Å². The zero-order chi connectivity index (χ0) is 10.1. The van der Waals surface area contributed by atoms with Gasteiger partial charge in [-0.15, -0.1) is 0 Å². The molecule has 10 heteroatoms. The van der Waals surface area contributed by atoms with Gasteiger partial charge >= 0.3 is 35.7 Å². The van der Waals surface area contributed by atoms with Crippen LogP contribution in [0.4, 0.5) is 4.79 Å². The van der Waals surface area contributed by atoms with E-state index in [0.717, 1.165) is 13.1 Å². The van der Waals surface area contributed by atoms with Gasteiger partial charge in [0.25, 0.3) is 0 Å². The van der Waals surface area contributed by atoms with E-state index in [4.69, 9.17) is 34.7 Å². The second-order valence-electron chi connectivity index (χ2n) is 1.78. The van der Waals surface area contributed by atoms with E-state index in [1.807, 2.05) is 18.7 Å². The average Bonchev–Trinajstić information content (AvgIpc) is 1.87. The summed E-state index contributed by atoms with van der Waals surface area (Å²) in [6.07, 6.45) is -1.33. The van der Waals surface area contributed by atoms with Gasteiger partial charge in [-0.3, -0.25) is 0 Å². The smallest absolute Gasteiger partial charge is 0.465 e. The van der Waals surface area contributed by atoms with Crippen molar-refractivity contribution in [3.63, 3.8) is 0 Å².